The summed E-state index contributed by atoms with van der Waals surface area (Å²) in [6.45, 7) is 4.09. The summed E-state index contributed by atoms with van der Waals surface area (Å²) >= 11 is 0. The van der Waals surface area contributed by atoms with E-state index in [1.807, 2.05) is 32.6 Å². The van der Waals surface area contributed by atoms with Crippen molar-refractivity contribution in [2.45, 2.75) is 63.6 Å². The van der Waals surface area contributed by atoms with Crippen LogP contribution in [0.25, 0.3) is 0 Å². The highest BCUT2D eigenvalue weighted by molar-refractivity contribution is 5.74. The van der Waals surface area contributed by atoms with Crippen molar-refractivity contribution >= 4 is 5.97 Å². The van der Waals surface area contributed by atoms with Crippen LogP contribution in [0, 0.1) is 72.5 Å². The summed E-state index contributed by atoms with van der Waals surface area (Å²) < 4.78 is 12.0. The Morgan fingerprint density at radius 1 is 1.21 bits per heavy atom. The fraction of sp³-hybridized carbons (Fsp3) is 0.682. The van der Waals surface area contributed by atoms with Crippen molar-refractivity contribution in [1.82, 2.24) is 0 Å². The van der Waals surface area contributed by atoms with E-state index in [9.17, 15) is 10.1 Å². The van der Waals surface area contributed by atoms with Crippen LogP contribution in [0.3, 0.4) is 0 Å². The minimum absolute atomic E-state index is 0.0755. The lowest BCUT2D eigenvalue weighted by atomic mass is 9.57. The molecule has 4 saturated heterocycles. The van der Waals surface area contributed by atoms with Gasteiger partial charge in [0.25, 0.3) is 0 Å². The van der Waals surface area contributed by atoms with Gasteiger partial charge in [0.15, 0.2) is 5.60 Å². The average molecular weight is 384 g/mol. The number of hydrogen-bond acceptors (Lipinski definition) is 6. The molecule has 149 valence electrons. The molecule has 0 amide bonds. The van der Waals surface area contributed by atoms with Crippen LogP contribution < -0.4 is 0 Å². The zero-order valence-electron chi connectivity index (χ0n) is 16.3. The van der Waals surface area contributed by atoms with Crippen LogP contribution >= 0.6 is 0 Å². The van der Waals surface area contributed by atoms with Crippen LogP contribution in [0.4, 0.5) is 0 Å². The van der Waals surface area contributed by atoms with Gasteiger partial charge in [0.1, 0.15) is 0 Å². The largest absolute Gasteiger partial charge is 0.432 e. The quantitative estimate of drug-likeness (QED) is 0.549. The molecular weight excluding hydrogens is 358 g/mol. The number of rotatable bonds is 3. The molecule has 6 aliphatic rings. The smallest absolute Gasteiger partial charge is 0.311 e. The number of nitrogens with zero attached hydrogens (tertiary/aromatic N) is 1. The van der Waals surface area contributed by atoms with Crippen molar-refractivity contribution in [2.75, 3.05) is 0 Å². The van der Waals surface area contributed by atoms with Gasteiger partial charge >= 0.3 is 5.97 Å². The van der Waals surface area contributed by atoms with Crippen molar-refractivity contribution in [3.63, 3.8) is 0 Å². The van der Waals surface area contributed by atoms with E-state index in [2.05, 4.69) is 13.0 Å². The fourth-order valence-electron chi connectivity index (χ4n) is 6.02. The van der Waals surface area contributed by atoms with E-state index < -0.39 is 23.6 Å². The van der Waals surface area contributed by atoms with E-state index in [1.54, 1.807) is 0 Å². The molecule has 4 heterocycles. The fourth-order valence-corrected chi connectivity index (χ4v) is 6.02. The molecule has 0 aromatic carbocycles. The minimum atomic E-state index is -0.880. The summed E-state index contributed by atoms with van der Waals surface area (Å²) in [4.78, 5) is 24.9. The summed E-state index contributed by atoms with van der Waals surface area (Å²) in [7, 11) is 0. The summed E-state index contributed by atoms with van der Waals surface area (Å²) in [5, 5.41) is 9.74. The standard InChI is InChI=1S/C22H26NO5/c1-13-7-8-18-16(11-15(12-23)14-5-3-4-6-14)19(24)25-20-22(18)17(13)9-10-21(2,26-20)27-28-22/h3-6,13,15-18,20H,7-11H2,1-2H3/t13-,15?,16?,17+,18+,20-,21-,22-/m1/s1. The SMILES string of the molecule is C[C@@H]1CC[C@H]2C(CC(C#N)[C]3[CH][CH][CH][CH]3)C(=O)O[C@@H]3O[C@@]4(C)CC[C@@H]1[C@]32OO4. The third kappa shape index (κ3) is 2.66. The van der Waals surface area contributed by atoms with E-state index in [-0.39, 0.29) is 23.7 Å². The minimum Gasteiger partial charge on any atom is -0.432 e. The van der Waals surface area contributed by atoms with E-state index in [0.29, 0.717) is 18.8 Å². The number of carbonyl (C=O) groups excluding carboxylic acids is 1. The zero-order chi connectivity index (χ0) is 19.5. The first-order chi connectivity index (χ1) is 13.5. The van der Waals surface area contributed by atoms with E-state index in [1.165, 1.54) is 0 Å². The predicted octanol–water partition coefficient (Wildman–Crippen LogP) is 3.31. The van der Waals surface area contributed by atoms with Crippen molar-refractivity contribution in [1.29, 1.82) is 5.26 Å². The number of ether oxygens (including phenoxy) is 2. The molecule has 0 aromatic heterocycles. The molecule has 28 heavy (non-hydrogen) atoms. The molecule has 6 heteroatoms. The molecule has 2 aliphatic carbocycles. The normalized spacial score (nSPS) is 49.0. The van der Waals surface area contributed by atoms with Crippen molar-refractivity contribution in [3.05, 3.63) is 31.6 Å². The molecule has 8 atom stereocenters. The van der Waals surface area contributed by atoms with Gasteiger partial charge in [-0.3, -0.25) is 4.79 Å². The van der Waals surface area contributed by atoms with Gasteiger partial charge in [-0.2, -0.15) is 5.26 Å². The Bertz CT molecular complexity index is 685. The molecule has 2 unspecified atom stereocenters. The van der Waals surface area contributed by atoms with E-state index >= 15 is 0 Å². The van der Waals surface area contributed by atoms with Crippen LogP contribution in [0.1, 0.15) is 46.0 Å². The maximum atomic E-state index is 13.0. The second kappa shape index (κ2) is 6.68. The van der Waals surface area contributed by atoms with Crippen LogP contribution in [0.5, 0.6) is 0 Å². The lowest BCUT2D eigenvalue weighted by Crippen LogP contribution is -2.70. The lowest BCUT2D eigenvalue weighted by molar-refractivity contribution is -0.559. The van der Waals surface area contributed by atoms with Crippen molar-refractivity contribution < 1.29 is 24.0 Å². The second-order valence-corrected chi connectivity index (χ2v) is 9.09. The first-order valence-corrected chi connectivity index (χ1v) is 10.3. The molecule has 1 spiro atoms. The van der Waals surface area contributed by atoms with Gasteiger partial charge in [-0.15, -0.1) is 0 Å². The third-order valence-corrected chi connectivity index (χ3v) is 7.52. The molecule has 5 radical (unpaired) electrons. The Balaban J connectivity index is 1.48. The number of nitriles is 1. The molecule has 6 rings (SSSR count). The summed E-state index contributed by atoms with van der Waals surface area (Å²) in [6, 6.07) is 2.37. The summed E-state index contributed by atoms with van der Waals surface area (Å²) in [5.74, 6) is -0.397. The predicted molar refractivity (Wildman–Crippen MR) is 96.5 cm³/mol. The molecule has 2 saturated carbocycles. The topological polar surface area (TPSA) is 77.8 Å². The molecule has 0 N–H and O–H groups in total. The zero-order valence-corrected chi connectivity index (χ0v) is 16.3. The van der Waals surface area contributed by atoms with E-state index in [4.69, 9.17) is 19.2 Å². The number of hydrogen-bond donors (Lipinski definition) is 0. The summed E-state index contributed by atoms with van der Waals surface area (Å²) in [6.07, 6.45) is 10.9. The number of esters is 1. The van der Waals surface area contributed by atoms with Gasteiger partial charge in [-0.25, -0.2) is 9.78 Å². The van der Waals surface area contributed by atoms with Crippen LogP contribution in [-0.4, -0.2) is 23.6 Å². The first kappa shape index (κ1) is 18.8. The van der Waals surface area contributed by atoms with Gasteiger partial charge in [-0.1, -0.05) is 6.92 Å². The van der Waals surface area contributed by atoms with Gasteiger partial charge < -0.3 is 9.47 Å². The Morgan fingerprint density at radius 2 is 2.00 bits per heavy atom. The molecule has 6 nitrogen and oxygen atoms in total. The molecular formula is C22H26NO5. The Kier molecular flexibility index (Phi) is 4.50. The third-order valence-electron chi connectivity index (χ3n) is 7.52. The molecule has 2 bridgehead atoms. The van der Waals surface area contributed by atoms with Crippen LogP contribution in [0.2, 0.25) is 0 Å². The van der Waals surface area contributed by atoms with Crippen LogP contribution in [0.15, 0.2) is 0 Å². The van der Waals surface area contributed by atoms with Crippen LogP contribution in [-0.2, 0) is 24.0 Å². The van der Waals surface area contributed by atoms with Gasteiger partial charge in [0.2, 0.25) is 12.1 Å². The lowest BCUT2D eigenvalue weighted by Gasteiger charge is -2.58. The first-order valence-electron chi connectivity index (χ1n) is 10.3. The van der Waals surface area contributed by atoms with Gasteiger partial charge in [0, 0.05) is 24.2 Å². The second-order valence-electron chi connectivity index (χ2n) is 9.09. The van der Waals surface area contributed by atoms with Crippen molar-refractivity contribution in [3.8, 4) is 6.07 Å². The average Bonchev–Trinajstić information content (AvgIpc) is 3.11. The Morgan fingerprint density at radius 3 is 2.75 bits per heavy atom. The maximum Gasteiger partial charge on any atom is 0.311 e. The van der Waals surface area contributed by atoms with Crippen molar-refractivity contribution in [2.24, 2.45) is 29.6 Å². The molecule has 6 fully saturated rings. The van der Waals surface area contributed by atoms with Gasteiger partial charge in [0.05, 0.1) is 17.9 Å². The van der Waals surface area contributed by atoms with Gasteiger partial charge in [-0.05, 0) is 64.2 Å². The monoisotopic (exact) mass is 384 g/mol. The number of carbonyl (C=O) groups is 1. The number of fused-ring (bicyclic) bond motifs is 2. The highest BCUT2D eigenvalue weighted by atomic mass is 17.3. The Hall–Kier alpha value is -1.16. The highest BCUT2D eigenvalue weighted by Crippen LogP contribution is 2.60. The van der Waals surface area contributed by atoms with E-state index in [0.717, 1.165) is 25.2 Å². The molecule has 0 aromatic rings. The summed E-state index contributed by atoms with van der Waals surface area (Å²) in [5.41, 5.74) is -0.779. The molecule has 4 aliphatic heterocycles. The Labute approximate surface area is 166 Å². The maximum absolute atomic E-state index is 13.0. The highest BCUT2D eigenvalue weighted by Gasteiger charge is 2.70.